The lowest BCUT2D eigenvalue weighted by molar-refractivity contribution is -0.143. The summed E-state index contributed by atoms with van der Waals surface area (Å²) < 4.78 is 44.2. The molecule has 0 heterocycles. The molecule has 4 aliphatic carbocycles. The molecular weight excluding hydrogens is 551 g/mol. The van der Waals surface area contributed by atoms with Gasteiger partial charge in [0, 0.05) is 32.2 Å². The fourth-order valence-electron chi connectivity index (χ4n) is 9.43. The molecule has 3 unspecified atom stereocenters. The number of nitrogens with zero attached hydrogens (tertiary/aromatic N) is 3. The van der Waals surface area contributed by atoms with Gasteiger partial charge in [0.25, 0.3) is 0 Å². The second-order valence-corrected chi connectivity index (χ2v) is 14.8. The van der Waals surface area contributed by atoms with E-state index in [-0.39, 0.29) is 30.5 Å². The summed E-state index contributed by atoms with van der Waals surface area (Å²) in [6, 6.07) is 7.68. The quantitative estimate of drug-likeness (QED) is 0.251. The lowest BCUT2D eigenvalue weighted by Gasteiger charge is -2.52. The number of halogens is 3. The molecule has 0 bridgehead atoms. The Morgan fingerprint density at radius 1 is 1.05 bits per heavy atom. The van der Waals surface area contributed by atoms with Gasteiger partial charge >= 0.3 is 6.18 Å². The fourth-order valence-corrected chi connectivity index (χ4v) is 9.43. The summed E-state index contributed by atoms with van der Waals surface area (Å²) in [5.74, 6) is 3.54. The largest absolute Gasteiger partial charge is 0.494 e. The van der Waals surface area contributed by atoms with Crippen molar-refractivity contribution in [2.24, 2.45) is 23.2 Å². The van der Waals surface area contributed by atoms with E-state index in [1.807, 2.05) is 11.9 Å². The van der Waals surface area contributed by atoms with E-state index in [2.05, 4.69) is 44.0 Å². The van der Waals surface area contributed by atoms with Gasteiger partial charge in [0.05, 0.1) is 19.6 Å². The first-order chi connectivity index (χ1) is 20.4. The van der Waals surface area contributed by atoms with Gasteiger partial charge in [-0.25, -0.2) is 0 Å². The third-order valence-corrected chi connectivity index (χ3v) is 11.9. The Balaban J connectivity index is 1.14. The normalized spacial score (nSPS) is 32.0. The number of ether oxygens (including phenoxy) is 1. The molecule has 3 fully saturated rings. The topological polar surface area (TPSA) is 36.0 Å². The van der Waals surface area contributed by atoms with Gasteiger partial charge in [-0.2, -0.15) is 13.2 Å². The van der Waals surface area contributed by atoms with Crippen LogP contribution in [-0.4, -0.2) is 86.3 Å². The molecule has 1 aromatic rings. The predicted molar refractivity (Wildman–Crippen MR) is 165 cm³/mol. The van der Waals surface area contributed by atoms with Crippen molar-refractivity contribution in [3.8, 4) is 5.75 Å². The van der Waals surface area contributed by atoms with Crippen LogP contribution in [0.15, 0.2) is 18.2 Å². The fraction of sp³-hybridized carbons (Fsp3) is 0.800. The molecule has 0 radical (unpaired) electrons. The molecule has 7 atom stereocenters. The average molecular weight is 606 g/mol. The van der Waals surface area contributed by atoms with Gasteiger partial charge in [-0.05, 0) is 131 Å². The first-order valence-corrected chi connectivity index (χ1v) is 16.8. The highest BCUT2D eigenvalue weighted by molar-refractivity contribution is 5.78. The second-order valence-electron chi connectivity index (χ2n) is 14.8. The van der Waals surface area contributed by atoms with Crippen LogP contribution in [0.3, 0.4) is 0 Å². The van der Waals surface area contributed by atoms with Crippen molar-refractivity contribution in [2.45, 2.75) is 109 Å². The van der Waals surface area contributed by atoms with Crippen LogP contribution < -0.4 is 4.74 Å². The number of benzene rings is 1. The van der Waals surface area contributed by atoms with Crippen molar-refractivity contribution in [3.63, 3.8) is 0 Å². The first-order valence-electron chi connectivity index (χ1n) is 16.8. The van der Waals surface area contributed by atoms with E-state index in [1.54, 1.807) is 7.05 Å². The first kappa shape index (κ1) is 32.6. The van der Waals surface area contributed by atoms with E-state index in [0.29, 0.717) is 17.8 Å². The number of carbonyl (C=O) groups excluding carboxylic acids is 1. The number of carbonyl (C=O) groups is 1. The summed E-state index contributed by atoms with van der Waals surface area (Å²) in [5, 5.41) is 0. The Hall–Kier alpha value is -1.80. The third kappa shape index (κ3) is 7.37. The molecule has 1 amide bonds. The molecule has 0 spiro atoms. The van der Waals surface area contributed by atoms with Crippen molar-refractivity contribution in [2.75, 3.05) is 47.4 Å². The van der Waals surface area contributed by atoms with Crippen LogP contribution in [0.25, 0.3) is 0 Å². The molecule has 4 aliphatic rings. The lowest BCUT2D eigenvalue weighted by Crippen LogP contribution is -2.52. The summed E-state index contributed by atoms with van der Waals surface area (Å²) in [6.45, 7) is 6.46. The number of hydrogen-bond donors (Lipinski definition) is 0. The van der Waals surface area contributed by atoms with Crippen LogP contribution in [0.1, 0.15) is 95.1 Å². The van der Waals surface area contributed by atoms with Crippen LogP contribution in [0, 0.1) is 23.2 Å². The van der Waals surface area contributed by atoms with Crippen molar-refractivity contribution < 1.29 is 22.7 Å². The van der Waals surface area contributed by atoms with E-state index in [0.717, 1.165) is 69.4 Å². The minimum atomic E-state index is -4.20. The Morgan fingerprint density at radius 3 is 2.56 bits per heavy atom. The van der Waals surface area contributed by atoms with Crippen molar-refractivity contribution >= 4 is 5.91 Å². The maximum atomic E-state index is 13.1. The van der Waals surface area contributed by atoms with Crippen molar-refractivity contribution in [1.29, 1.82) is 0 Å². The highest BCUT2D eigenvalue weighted by atomic mass is 19.4. The van der Waals surface area contributed by atoms with Gasteiger partial charge in [-0.15, -0.1) is 0 Å². The van der Waals surface area contributed by atoms with E-state index < -0.39 is 12.6 Å². The molecular formula is C35H54F3N3O2. The lowest BCUT2D eigenvalue weighted by atomic mass is 9.55. The summed E-state index contributed by atoms with van der Waals surface area (Å²) in [7, 11) is 5.74. The number of amides is 1. The molecule has 8 heteroatoms. The standard InChI is InChI=1S/C35H54F3N3O2/c1-24-7-9-26(21-24)40(4)18-6-20-43-27-10-12-28-25(22-27)8-11-30-29(28)15-16-34(2)31(30)13-14-32(34)41(5)33(42)23-39(3)19-17-35(36,37)38/h10,12,22,24,26,29-32H,6-9,11,13-21,23H2,1-5H3/t24-,26-,29?,30?,31?,32+,34+/m1/s1. The van der Waals surface area contributed by atoms with Crippen molar-refractivity contribution in [1.82, 2.24) is 14.7 Å². The zero-order valence-electron chi connectivity index (χ0n) is 27.1. The number of rotatable bonds is 11. The zero-order valence-corrected chi connectivity index (χ0v) is 27.1. The van der Waals surface area contributed by atoms with Gasteiger partial charge in [-0.3, -0.25) is 9.69 Å². The van der Waals surface area contributed by atoms with Crippen LogP contribution in [-0.2, 0) is 11.2 Å². The molecule has 0 aliphatic heterocycles. The number of alkyl halides is 3. The molecule has 242 valence electrons. The summed E-state index contributed by atoms with van der Waals surface area (Å²) in [4.78, 5) is 19.0. The highest BCUT2D eigenvalue weighted by Crippen LogP contribution is 2.61. The van der Waals surface area contributed by atoms with Gasteiger partial charge < -0.3 is 14.5 Å². The number of fused-ring (bicyclic) bond motifs is 5. The van der Waals surface area contributed by atoms with Gasteiger partial charge in [-0.1, -0.05) is 19.9 Å². The van der Waals surface area contributed by atoms with Crippen molar-refractivity contribution in [3.05, 3.63) is 29.3 Å². The Bertz CT molecular complexity index is 1110. The number of likely N-dealkylation sites (N-methyl/N-ethyl adjacent to an activating group) is 2. The monoisotopic (exact) mass is 605 g/mol. The van der Waals surface area contributed by atoms with Crippen LogP contribution in [0.4, 0.5) is 13.2 Å². The van der Waals surface area contributed by atoms with E-state index in [1.165, 1.54) is 41.7 Å². The smallest absolute Gasteiger partial charge is 0.390 e. The second kappa shape index (κ2) is 13.3. The molecule has 0 N–H and O–H groups in total. The summed E-state index contributed by atoms with van der Waals surface area (Å²) in [6.07, 6.45) is 6.52. The highest BCUT2D eigenvalue weighted by Gasteiger charge is 2.56. The summed E-state index contributed by atoms with van der Waals surface area (Å²) in [5.41, 5.74) is 3.00. The minimum absolute atomic E-state index is 0.0319. The maximum absolute atomic E-state index is 13.1. The van der Waals surface area contributed by atoms with Crippen LogP contribution >= 0.6 is 0 Å². The molecule has 43 heavy (non-hydrogen) atoms. The zero-order chi connectivity index (χ0) is 30.9. The Kier molecular flexibility index (Phi) is 10.1. The summed E-state index contributed by atoms with van der Waals surface area (Å²) >= 11 is 0. The third-order valence-electron chi connectivity index (χ3n) is 11.9. The van der Waals surface area contributed by atoms with Crippen LogP contribution in [0.5, 0.6) is 5.75 Å². The Labute approximate surface area is 257 Å². The SMILES string of the molecule is C[C@@H]1CC[C@@H](N(C)CCCOc2ccc3c(c2)CCC2C3CC[C@@]3(C)C2CC[C@@H]3N(C)C(=O)CN(C)CCC(F)(F)F)C1. The van der Waals surface area contributed by atoms with Gasteiger partial charge in [0.15, 0.2) is 0 Å². The number of hydrogen-bond acceptors (Lipinski definition) is 4. The molecule has 0 saturated heterocycles. The molecule has 1 aromatic carbocycles. The molecule has 5 nitrogen and oxygen atoms in total. The van der Waals surface area contributed by atoms with E-state index in [9.17, 15) is 18.0 Å². The minimum Gasteiger partial charge on any atom is -0.494 e. The Morgan fingerprint density at radius 2 is 1.84 bits per heavy atom. The predicted octanol–water partition coefficient (Wildman–Crippen LogP) is 7.14. The number of aryl methyl sites for hydroxylation is 1. The van der Waals surface area contributed by atoms with E-state index in [4.69, 9.17) is 4.74 Å². The van der Waals surface area contributed by atoms with Gasteiger partial charge in [0.1, 0.15) is 5.75 Å². The van der Waals surface area contributed by atoms with Crippen LogP contribution in [0.2, 0.25) is 0 Å². The average Bonchev–Trinajstić information content (AvgIpc) is 3.56. The molecule has 5 rings (SSSR count). The maximum Gasteiger partial charge on any atom is 0.390 e. The van der Waals surface area contributed by atoms with Gasteiger partial charge in [0.2, 0.25) is 5.91 Å². The van der Waals surface area contributed by atoms with E-state index >= 15 is 0 Å². The molecule has 3 saturated carbocycles. The molecule has 0 aromatic heterocycles.